The molecule has 1 unspecified atom stereocenters. The van der Waals surface area contributed by atoms with Crippen molar-refractivity contribution in [2.75, 3.05) is 13.1 Å². The standard InChI is InChI=1S/C19H30N4O.HI/c1-4-20-19(21-13-7-10-18(24)23-16-11-12-16)22-15(3)17-9-6-5-8-14(17)2;/h5-6,8-9,15-16H,4,7,10-13H2,1-3H3,(H,23,24)(H2,20,21,22);1H. The van der Waals surface area contributed by atoms with Gasteiger partial charge in [0.15, 0.2) is 5.96 Å². The van der Waals surface area contributed by atoms with Crippen molar-refractivity contribution < 1.29 is 4.79 Å². The largest absolute Gasteiger partial charge is 0.357 e. The van der Waals surface area contributed by atoms with Gasteiger partial charge in [-0.1, -0.05) is 24.3 Å². The van der Waals surface area contributed by atoms with Crippen molar-refractivity contribution >= 4 is 35.8 Å². The second-order valence-corrected chi connectivity index (χ2v) is 6.43. The maximum absolute atomic E-state index is 11.7. The van der Waals surface area contributed by atoms with E-state index in [4.69, 9.17) is 0 Å². The smallest absolute Gasteiger partial charge is 0.220 e. The number of hydrogen-bond donors (Lipinski definition) is 3. The summed E-state index contributed by atoms with van der Waals surface area (Å²) in [5, 5.41) is 9.72. The van der Waals surface area contributed by atoms with Crippen molar-refractivity contribution in [1.29, 1.82) is 0 Å². The molecule has 1 aromatic rings. The van der Waals surface area contributed by atoms with Crippen molar-refractivity contribution in [3.63, 3.8) is 0 Å². The molecule has 3 N–H and O–H groups in total. The molecule has 1 fully saturated rings. The van der Waals surface area contributed by atoms with Crippen molar-refractivity contribution in [3.05, 3.63) is 35.4 Å². The normalized spacial score (nSPS) is 15.1. The number of rotatable bonds is 8. The number of amides is 1. The molecule has 0 aliphatic heterocycles. The molecule has 0 radical (unpaired) electrons. The van der Waals surface area contributed by atoms with Gasteiger partial charge < -0.3 is 16.0 Å². The Kier molecular flexibility index (Phi) is 9.85. The molecule has 0 saturated heterocycles. The fraction of sp³-hybridized carbons (Fsp3) is 0.579. The number of nitrogens with zero attached hydrogens (tertiary/aromatic N) is 1. The lowest BCUT2D eigenvalue weighted by atomic mass is 10.0. The van der Waals surface area contributed by atoms with Crippen LogP contribution in [0, 0.1) is 6.92 Å². The number of benzene rings is 1. The Morgan fingerprint density at radius 2 is 2.04 bits per heavy atom. The molecule has 1 aliphatic rings. The summed E-state index contributed by atoms with van der Waals surface area (Å²) >= 11 is 0. The molecule has 2 rings (SSSR count). The Bertz CT molecular complexity index is 572. The van der Waals surface area contributed by atoms with Crippen molar-refractivity contribution in [3.8, 4) is 0 Å². The van der Waals surface area contributed by atoms with Gasteiger partial charge in [0.05, 0.1) is 6.04 Å². The zero-order valence-corrected chi connectivity index (χ0v) is 17.8. The third kappa shape index (κ3) is 8.07. The second kappa shape index (κ2) is 11.3. The van der Waals surface area contributed by atoms with E-state index in [9.17, 15) is 4.79 Å². The van der Waals surface area contributed by atoms with Crippen molar-refractivity contribution in [2.45, 2.75) is 58.5 Å². The van der Waals surface area contributed by atoms with Gasteiger partial charge in [0.1, 0.15) is 0 Å². The van der Waals surface area contributed by atoms with Crippen LogP contribution in [0.1, 0.15) is 56.7 Å². The lowest BCUT2D eigenvalue weighted by Gasteiger charge is -2.19. The number of guanidine groups is 1. The van der Waals surface area contributed by atoms with E-state index in [1.807, 2.05) is 0 Å². The van der Waals surface area contributed by atoms with Gasteiger partial charge in [0.2, 0.25) is 5.91 Å². The van der Waals surface area contributed by atoms with E-state index in [1.54, 1.807) is 0 Å². The highest BCUT2D eigenvalue weighted by Gasteiger charge is 2.22. The number of halogens is 1. The van der Waals surface area contributed by atoms with Crippen LogP contribution in [-0.4, -0.2) is 31.0 Å². The van der Waals surface area contributed by atoms with E-state index < -0.39 is 0 Å². The predicted octanol–water partition coefficient (Wildman–Crippen LogP) is 3.29. The molecule has 140 valence electrons. The quantitative estimate of drug-likeness (QED) is 0.243. The summed E-state index contributed by atoms with van der Waals surface area (Å²) in [6.07, 6.45) is 3.59. The molecule has 25 heavy (non-hydrogen) atoms. The van der Waals surface area contributed by atoms with Crippen LogP contribution in [0.25, 0.3) is 0 Å². The molecule has 0 heterocycles. The van der Waals surface area contributed by atoms with Gasteiger partial charge in [-0.15, -0.1) is 24.0 Å². The highest BCUT2D eigenvalue weighted by molar-refractivity contribution is 14.0. The van der Waals surface area contributed by atoms with Crippen LogP contribution in [0.2, 0.25) is 0 Å². The minimum Gasteiger partial charge on any atom is -0.357 e. The first-order valence-corrected chi connectivity index (χ1v) is 9.00. The Balaban J connectivity index is 0.00000312. The van der Waals surface area contributed by atoms with Gasteiger partial charge >= 0.3 is 0 Å². The van der Waals surface area contributed by atoms with E-state index in [1.165, 1.54) is 11.1 Å². The molecule has 5 nitrogen and oxygen atoms in total. The zero-order valence-electron chi connectivity index (χ0n) is 15.5. The van der Waals surface area contributed by atoms with Gasteiger partial charge in [-0.25, -0.2) is 0 Å². The van der Waals surface area contributed by atoms with Crippen LogP contribution >= 0.6 is 24.0 Å². The predicted molar refractivity (Wildman–Crippen MR) is 115 cm³/mol. The minimum absolute atomic E-state index is 0. The molecule has 1 amide bonds. The molecule has 0 bridgehead atoms. The van der Waals surface area contributed by atoms with Gasteiger partial charge in [-0.05, 0) is 51.2 Å². The van der Waals surface area contributed by atoms with E-state index in [0.29, 0.717) is 19.0 Å². The number of carbonyl (C=O) groups is 1. The molecule has 1 atom stereocenters. The summed E-state index contributed by atoms with van der Waals surface area (Å²) in [6.45, 7) is 7.77. The average Bonchev–Trinajstić information content (AvgIpc) is 3.36. The molecule has 0 aromatic heterocycles. The highest BCUT2D eigenvalue weighted by atomic mass is 127. The Morgan fingerprint density at radius 3 is 2.68 bits per heavy atom. The Hall–Kier alpha value is -1.31. The molecule has 6 heteroatoms. The first-order valence-electron chi connectivity index (χ1n) is 9.00. The highest BCUT2D eigenvalue weighted by Crippen LogP contribution is 2.18. The lowest BCUT2D eigenvalue weighted by Crippen LogP contribution is -2.39. The SMILES string of the molecule is CCNC(=NCCCC(=O)NC1CC1)NC(C)c1ccccc1C.I. The van der Waals surface area contributed by atoms with Crippen LogP contribution in [0.4, 0.5) is 0 Å². The first kappa shape index (κ1) is 21.7. The first-order chi connectivity index (χ1) is 11.6. The van der Waals surface area contributed by atoms with Gasteiger partial charge in [-0.2, -0.15) is 0 Å². The number of aliphatic imine (C=N–C) groups is 1. The summed E-state index contributed by atoms with van der Waals surface area (Å²) in [7, 11) is 0. The Labute approximate surface area is 168 Å². The summed E-state index contributed by atoms with van der Waals surface area (Å²) in [5.74, 6) is 0.954. The van der Waals surface area contributed by atoms with Gasteiger partial charge in [-0.3, -0.25) is 9.79 Å². The maximum atomic E-state index is 11.7. The monoisotopic (exact) mass is 458 g/mol. The molecule has 0 spiro atoms. The van der Waals surface area contributed by atoms with E-state index in [0.717, 1.165) is 31.8 Å². The lowest BCUT2D eigenvalue weighted by molar-refractivity contribution is -0.121. The minimum atomic E-state index is 0. The van der Waals surface area contributed by atoms with E-state index >= 15 is 0 Å². The second-order valence-electron chi connectivity index (χ2n) is 6.43. The summed E-state index contributed by atoms with van der Waals surface area (Å²) in [5.41, 5.74) is 2.54. The van der Waals surface area contributed by atoms with Crippen LogP contribution in [0.15, 0.2) is 29.3 Å². The summed E-state index contributed by atoms with van der Waals surface area (Å²) < 4.78 is 0. The number of hydrogen-bond acceptors (Lipinski definition) is 2. The fourth-order valence-corrected chi connectivity index (χ4v) is 2.63. The van der Waals surface area contributed by atoms with E-state index in [-0.39, 0.29) is 35.9 Å². The van der Waals surface area contributed by atoms with E-state index in [2.05, 4.69) is 66.0 Å². The van der Waals surface area contributed by atoms with Gasteiger partial charge in [0.25, 0.3) is 0 Å². The third-order valence-corrected chi connectivity index (χ3v) is 4.13. The van der Waals surface area contributed by atoms with Gasteiger partial charge in [0, 0.05) is 25.6 Å². The molecule has 1 aliphatic carbocycles. The van der Waals surface area contributed by atoms with Crippen LogP contribution in [0.3, 0.4) is 0 Å². The van der Waals surface area contributed by atoms with Crippen LogP contribution in [-0.2, 0) is 4.79 Å². The molecular formula is C19H31IN4O. The number of nitrogens with one attached hydrogen (secondary N) is 3. The zero-order chi connectivity index (χ0) is 17.4. The number of aryl methyl sites for hydroxylation is 1. The van der Waals surface area contributed by atoms with Crippen molar-refractivity contribution in [2.24, 2.45) is 4.99 Å². The van der Waals surface area contributed by atoms with Crippen molar-refractivity contribution in [1.82, 2.24) is 16.0 Å². The van der Waals surface area contributed by atoms with Crippen LogP contribution in [0.5, 0.6) is 0 Å². The van der Waals surface area contributed by atoms with Crippen LogP contribution < -0.4 is 16.0 Å². The number of carbonyl (C=O) groups excluding carboxylic acids is 1. The summed E-state index contributed by atoms with van der Waals surface area (Å²) in [4.78, 5) is 16.3. The maximum Gasteiger partial charge on any atom is 0.220 e. The summed E-state index contributed by atoms with van der Waals surface area (Å²) in [6, 6.07) is 8.99. The molecule has 1 saturated carbocycles. The fourth-order valence-electron chi connectivity index (χ4n) is 2.63. The topological polar surface area (TPSA) is 65.5 Å². The Morgan fingerprint density at radius 1 is 1.32 bits per heavy atom. The molecule has 1 aromatic carbocycles. The molecular weight excluding hydrogens is 427 g/mol. The average molecular weight is 458 g/mol. The third-order valence-electron chi connectivity index (χ3n) is 4.13.